The van der Waals surface area contributed by atoms with Gasteiger partial charge in [-0.05, 0) is 68.9 Å². The van der Waals surface area contributed by atoms with Crippen LogP contribution in [0.25, 0.3) is 6.08 Å². The van der Waals surface area contributed by atoms with Crippen LogP contribution in [0.3, 0.4) is 0 Å². The molecule has 2 unspecified atom stereocenters. The number of aryl methyl sites for hydroxylation is 1. The molecule has 7 heteroatoms. The van der Waals surface area contributed by atoms with Crippen LogP contribution in [0.5, 0.6) is 0 Å². The molecule has 0 spiro atoms. The quantitative estimate of drug-likeness (QED) is 0.231. The second-order valence-electron chi connectivity index (χ2n) is 11.9. The molecular weight excluding hydrogens is 514 g/mol. The highest BCUT2D eigenvalue weighted by Crippen LogP contribution is 2.28. The zero-order valence-electron chi connectivity index (χ0n) is 26.0. The average Bonchev–Trinajstić information content (AvgIpc) is 2.90. The maximum Gasteiger partial charge on any atom is 0.408 e. The Morgan fingerprint density at radius 1 is 1.00 bits per heavy atom. The number of nitrogens with one attached hydrogen (secondary N) is 2. The summed E-state index contributed by atoms with van der Waals surface area (Å²) in [6.45, 7) is 17.4. The van der Waals surface area contributed by atoms with Crippen LogP contribution in [0.2, 0.25) is 0 Å². The molecule has 0 bridgehead atoms. The van der Waals surface area contributed by atoms with E-state index in [1.807, 2.05) is 69.3 Å². The maximum absolute atomic E-state index is 14.4. The molecule has 0 aliphatic rings. The zero-order chi connectivity index (χ0) is 30.6. The molecule has 0 aliphatic heterocycles. The van der Waals surface area contributed by atoms with E-state index in [-0.39, 0.29) is 17.7 Å². The predicted molar refractivity (Wildman–Crippen MR) is 168 cm³/mol. The Balaban J connectivity index is 2.56. The van der Waals surface area contributed by atoms with Crippen LogP contribution in [0.15, 0.2) is 55.1 Å². The van der Waals surface area contributed by atoms with E-state index in [9.17, 15) is 14.4 Å². The van der Waals surface area contributed by atoms with Crippen molar-refractivity contribution in [3.05, 3.63) is 71.8 Å². The number of benzene rings is 2. The molecule has 0 saturated heterocycles. The van der Waals surface area contributed by atoms with E-state index in [0.29, 0.717) is 17.8 Å². The van der Waals surface area contributed by atoms with Crippen LogP contribution in [-0.4, -0.2) is 41.0 Å². The Morgan fingerprint density at radius 2 is 1.68 bits per heavy atom. The minimum Gasteiger partial charge on any atom is -0.444 e. The van der Waals surface area contributed by atoms with Gasteiger partial charge in [-0.15, -0.1) is 0 Å². The Bertz CT molecular complexity index is 1170. The molecule has 2 atom stereocenters. The molecule has 0 aliphatic carbocycles. The highest BCUT2D eigenvalue weighted by Gasteiger charge is 2.37. The third-order valence-corrected chi connectivity index (χ3v) is 6.82. The molecule has 7 nitrogen and oxygen atoms in total. The van der Waals surface area contributed by atoms with E-state index in [0.717, 1.165) is 43.2 Å². The average molecular weight is 564 g/mol. The highest BCUT2D eigenvalue weighted by atomic mass is 16.6. The molecule has 0 heterocycles. The minimum atomic E-state index is -0.921. The summed E-state index contributed by atoms with van der Waals surface area (Å²) in [7, 11) is 0. The molecule has 2 aromatic carbocycles. The van der Waals surface area contributed by atoms with E-state index in [1.54, 1.807) is 31.7 Å². The number of para-hydroxylation sites is 1. The molecule has 0 radical (unpaired) electrons. The Hall–Kier alpha value is -3.61. The summed E-state index contributed by atoms with van der Waals surface area (Å²) in [5.41, 5.74) is 2.41. The van der Waals surface area contributed by atoms with Crippen molar-refractivity contribution in [2.24, 2.45) is 5.92 Å². The molecular formula is C34H49N3O4. The number of alkyl carbamates (subject to hydrolysis) is 1. The largest absolute Gasteiger partial charge is 0.444 e. The van der Waals surface area contributed by atoms with Crippen molar-refractivity contribution < 1.29 is 19.1 Å². The van der Waals surface area contributed by atoms with Crippen molar-refractivity contribution in [1.82, 2.24) is 10.2 Å². The third kappa shape index (κ3) is 10.7. The number of rotatable bonds is 14. The van der Waals surface area contributed by atoms with Crippen LogP contribution < -0.4 is 10.6 Å². The predicted octanol–water partition coefficient (Wildman–Crippen LogP) is 7.67. The molecule has 41 heavy (non-hydrogen) atoms. The molecule has 2 rings (SSSR count). The first-order valence-corrected chi connectivity index (χ1v) is 14.8. The van der Waals surface area contributed by atoms with E-state index in [1.165, 1.54) is 0 Å². The topological polar surface area (TPSA) is 87.7 Å². The number of unbranched alkanes of at least 4 members (excludes halogenated alkanes) is 4. The summed E-state index contributed by atoms with van der Waals surface area (Å²) in [5.74, 6) is -0.880. The van der Waals surface area contributed by atoms with E-state index in [2.05, 4.69) is 24.1 Å². The van der Waals surface area contributed by atoms with Gasteiger partial charge in [-0.25, -0.2) is 4.79 Å². The van der Waals surface area contributed by atoms with Gasteiger partial charge in [-0.3, -0.25) is 9.59 Å². The lowest BCUT2D eigenvalue weighted by atomic mass is 9.97. The number of nitrogens with zero attached hydrogens (tertiary/aromatic N) is 1. The fraction of sp³-hybridized carbons (Fsp3) is 0.500. The fourth-order valence-electron chi connectivity index (χ4n) is 4.62. The van der Waals surface area contributed by atoms with Crippen molar-refractivity contribution in [2.75, 3.05) is 11.9 Å². The number of hydrogen-bond donors (Lipinski definition) is 2. The van der Waals surface area contributed by atoms with Gasteiger partial charge >= 0.3 is 6.09 Å². The minimum absolute atomic E-state index is 0.239. The van der Waals surface area contributed by atoms with Gasteiger partial charge in [0, 0.05) is 12.2 Å². The van der Waals surface area contributed by atoms with Crippen molar-refractivity contribution in [3.63, 3.8) is 0 Å². The molecule has 2 N–H and O–H groups in total. The number of amides is 3. The van der Waals surface area contributed by atoms with Crippen LogP contribution in [-0.2, 0) is 14.3 Å². The van der Waals surface area contributed by atoms with Crippen molar-refractivity contribution in [3.8, 4) is 0 Å². The Kier molecular flexibility index (Phi) is 13.1. The summed E-state index contributed by atoms with van der Waals surface area (Å²) in [5, 5.41) is 5.85. The monoisotopic (exact) mass is 563 g/mol. The summed E-state index contributed by atoms with van der Waals surface area (Å²) in [6.07, 6.45) is 5.99. The Morgan fingerprint density at radius 3 is 2.29 bits per heavy atom. The third-order valence-electron chi connectivity index (χ3n) is 6.82. The summed E-state index contributed by atoms with van der Waals surface area (Å²) in [4.78, 5) is 42.9. The lowest BCUT2D eigenvalue weighted by Gasteiger charge is -2.36. The smallest absolute Gasteiger partial charge is 0.408 e. The molecule has 224 valence electrons. The van der Waals surface area contributed by atoms with Crippen molar-refractivity contribution >= 4 is 29.7 Å². The number of carbonyl (C=O) groups excluding carboxylic acids is 3. The molecule has 3 amide bonds. The second-order valence-corrected chi connectivity index (χ2v) is 11.9. The van der Waals surface area contributed by atoms with Crippen LogP contribution >= 0.6 is 0 Å². The van der Waals surface area contributed by atoms with Gasteiger partial charge in [0.25, 0.3) is 5.91 Å². The van der Waals surface area contributed by atoms with Gasteiger partial charge in [-0.2, -0.15) is 0 Å². The van der Waals surface area contributed by atoms with Gasteiger partial charge < -0.3 is 20.3 Å². The number of anilines is 1. The highest BCUT2D eigenvalue weighted by molar-refractivity contribution is 5.99. The van der Waals surface area contributed by atoms with Gasteiger partial charge in [0.05, 0.1) is 0 Å². The summed E-state index contributed by atoms with van der Waals surface area (Å²) < 4.78 is 5.48. The van der Waals surface area contributed by atoms with E-state index in [4.69, 9.17) is 4.74 Å². The summed E-state index contributed by atoms with van der Waals surface area (Å²) in [6, 6.07) is 13.3. The summed E-state index contributed by atoms with van der Waals surface area (Å²) >= 11 is 0. The van der Waals surface area contributed by atoms with Gasteiger partial charge in [0.2, 0.25) is 5.91 Å². The standard InChI is InChI=1S/C34H49N3O4/c1-9-11-12-13-16-22-37(32(39)29(24(3)4)36-33(40)41-34(6,7)8)30(27-20-17-19-26(10-2)23-27)31(38)35-28-21-15-14-18-25(28)5/h10,14-15,17-21,23-24,29-30H,2,9,11-13,16,22H2,1,3-8H3,(H,35,38)(H,36,40). The SMILES string of the molecule is C=Cc1cccc(C(C(=O)Nc2ccccc2C)N(CCCCCCC)C(=O)C(NC(=O)OC(C)(C)C)C(C)C)c1. The second kappa shape index (κ2) is 16.0. The first-order valence-electron chi connectivity index (χ1n) is 14.8. The van der Waals surface area contributed by atoms with Gasteiger partial charge in [-0.1, -0.05) is 95.5 Å². The van der Waals surface area contributed by atoms with Crippen molar-refractivity contribution in [1.29, 1.82) is 0 Å². The first-order chi connectivity index (χ1) is 19.4. The van der Waals surface area contributed by atoms with Crippen molar-refractivity contribution in [2.45, 2.75) is 98.3 Å². The maximum atomic E-state index is 14.4. The first kappa shape index (κ1) is 33.6. The number of carbonyl (C=O) groups is 3. The lowest BCUT2D eigenvalue weighted by molar-refractivity contribution is -0.141. The van der Waals surface area contributed by atoms with Crippen LogP contribution in [0.1, 0.15) is 96.4 Å². The van der Waals surface area contributed by atoms with Crippen LogP contribution in [0, 0.1) is 12.8 Å². The number of hydrogen-bond acceptors (Lipinski definition) is 4. The zero-order valence-corrected chi connectivity index (χ0v) is 26.0. The normalized spacial score (nSPS) is 12.8. The lowest BCUT2D eigenvalue weighted by Crippen LogP contribution is -2.54. The van der Waals surface area contributed by atoms with E-state index < -0.39 is 23.8 Å². The van der Waals surface area contributed by atoms with Gasteiger partial charge in [0.1, 0.15) is 17.7 Å². The molecule has 2 aromatic rings. The van der Waals surface area contributed by atoms with Gasteiger partial charge in [0.15, 0.2) is 0 Å². The van der Waals surface area contributed by atoms with E-state index >= 15 is 0 Å². The molecule has 0 fully saturated rings. The van der Waals surface area contributed by atoms with Crippen LogP contribution in [0.4, 0.5) is 10.5 Å². The number of ether oxygens (including phenoxy) is 1. The fourth-order valence-corrected chi connectivity index (χ4v) is 4.62. The molecule has 0 saturated carbocycles. The Labute approximate surface area is 246 Å². The molecule has 0 aromatic heterocycles.